The summed E-state index contributed by atoms with van der Waals surface area (Å²) in [7, 11) is -3.47. The van der Waals surface area contributed by atoms with E-state index in [1.807, 2.05) is 35.6 Å². The van der Waals surface area contributed by atoms with Crippen LogP contribution in [0.5, 0.6) is 11.5 Å². The topological polar surface area (TPSA) is 105 Å². The molecule has 0 aliphatic heterocycles. The molecule has 30 heavy (non-hydrogen) atoms. The van der Waals surface area contributed by atoms with Gasteiger partial charge in [-0.3, -0.25) is 9.55 Å². The number of para-hydroxylation sites is 1. The first-order chi connectivity index (χ1) is 14.5. The number of benzene rings is 2. The minimum Gasteiger partial charge on any atom is -0.504 e. The van der Waals surface area contributed by atoms with Gasteiger partial charge >= 0.3 is 7.60 Å². The van der Waals surface area contributed by atoms with Crippen molar-refractivity contribution in [2.75, 3.05) is 19.8 Å². The highest BCUT2D eigenvalue weighted by atomic mass is 31.2. The maximum atomic E-state index is 13.7. The summed E-state index contributed by atoms with van der Waals surface area (Å²) in [5.41, 5.74) is 2.53. The Morgan fingerprint density at radius 3 is 2.47 bits per heavy atom. The molecule has 0 spiro atoms. The summed E-state index contributed by atoms with van der Waals surface area (Å²) in [6, 6.07) is 14.3. The number of phenolic OH excluding ortho intramolecular Hbond substituents is 2. The highest BCUT2D eigenvalue weighted by Crippen LogP contribution is 2.58. The third-order valence-electron chi connectivity index (χ3n) is 4.82. The van der Waals surface area contributed by atoms with Crippen molar-refractivity contribution in [2.24, 2.45) is 0 Å². The van der Waals surface area contributed by atoms with Crippen LogP contribution < -0.4 is 5.32 Å². The summed E-state index contributed by atoms with van der Waals surface area (Å²) in [6.45, 7) is 4.72. The van der Waals surface area contributed by atoms with Gasteiger partial charge < -0.3 is 24.6 Å². The fourth-order valence-corrected chi connectivity index (χ4v) is 5.58. The van der Waals surface area contributed by atoms with Gasteiger partial charge in [0.1, 0.15) is 0 Å². The number of phenols is 2. The van der Waals surface area contributed by atoms with Crippen LogP contribution in [0.3, 0.4) is 0 Å². The number of hydrogen-bond acceptors (Lipinski definition) is 6. The van der Waals surface area contributed by atoms with Gasteiger partial charge in [0.25, 0.3) is 0 Å². The van der Waals surface area contributed by atoms with E-state index in [1.54, 1.807) is 26.1 Å². The number of nitrogens with zero attached hydrogens (tertiary/aromatic N) is 1. The maximum Gasteiger partial charge on any atom is 0.392 e. The van der Waals surface area contributed by atoms with Gasteiger partial charge in [-0.2, -0.15) is 0 Å². The SMILES string of the molecule is CCOP(=O)(OCC)[C@H]([NH2+]CCc1ccc(O)c(O)c1)c1ccnc2ccccc12. The van der Waals surface area contributed by atoms with Gasteiger partial charge in [-0.1, -0.05) is 24.3 Å². The van der Waals surface area contributed by atoms with Crippen LogP contribution in [0.1, 0.15) is 30.8 Å². The van der Waals surface area contributed by atoms with Crippen LogP contribution in [0, 0.1) is 0 Å². The first-order valence-electron chi connectivity index (χ1n) is 10.0. The van der Waals surface area contributed by atoms with Crippen LogP contribution in [0.25, 0.3) is 10.9 Å². The van der Waals surface area contributed by atoms with Crippen LogP contribution in [-0.2, 0) is 20.0 Å². The Balaban J connectivity index is 1.92. The Bertz CT molecular complexity index is 1030. The molecule has 0 fully saturated rings. The second-order valence-electron chi connectivity index (χ2n) is 6.83. The molecule has 0 aliphatic carbocycles. The number of fused-ring (bicyclic) bond motifs is 1. The fraction of sp³-hybridized carbons (Fsp3) is 0.318. The average Bonchev–Trinajstić information content (AvgIpc) is 2.74. The van der Waals surface area contributed by atoms with Crippen molar-refractivity contribution >= 4 is 18.5 Å². The Morgan fingerprint density at radius 1 is 1.03 bits per heavy atom. The average molecular weight is 431 g/mol. The Morgan fingerprint density at radius 2 is 1.77 bits per heavy atom. The van der Waals surface area contributed by atoms with E-state index in [1.165, 1.54) is 12.1 Å². The minimum absolute atomic E-state index is 0.152. The predicted octanol–water partition coefficient (Wildman–Crippen LogP) is 3.72. The van der Waals surface area contributed by atoms with Crippen LogP contribution in [0.15, 0.2) is 54.7 Å². The summed E-state index contributed by atoms with van der Waals surface area (Å²) in [4.78, 5) is 4.41. The number of quaternary nitrogens is 1. The highest BCUT2D eigenvalue weighted by Gasteiger charge is 2.41. The molecule has 3 rings (SSSR count). The Kier molecular flexibility index (Phi) is 7.45. The number of aromatic hydroxyl groups is 2. The van der Waals surface area contributed by atoms with Crippen molar-refractivity contribution in [2.45, 2.75) is 26.1 Å². The molecular weight excluding hydrogens is 403 g/mol. The van der Waals surface area contributed by atoms with Crippen molar-refractivity contribution < 1.29 is 29.1 Å². The Labute approximate surface area is 176 Å². The molecule has 7 nitrogen and oxygen atoms in total. The lowest BCUT2D eigenvalue weighted by Gasteiger charge is -2.25. The third-order valence-corrected chi connectivity index (χ3v) is 7.23. The number of aromatic nitrogens is 1. The van der Waals surface area contributed by atoms with Gasteiger partial charge in [0.15, 0.2) is 11.5 Å². The van der Waals surface area contributed by atoms with Crippen molar-refractivity contribution in [3.63, 3.8) is 0 Å². The van der Waals surface area contributed by atoms with Gasteiger partial charge in [-0.25, -0.2) is 0 Å². The fourth-order valence-electron chi connectivity index (χ4n) is 3.49. The smallest absolute Gasteiger partial charge is 0.392 e. The molecule has 1 atom stereocenters. The molecule has 0 saturated carbocycles. The number of pyridine rings is 1. The highest BCUT2D eigenvalue weighted by molar-refractivity contribution is 7.54. The van der Waals surface area contributed by atoms with Crippen molar-refractivity contribution in [3.8, 4) is 11.5 Å². The van der Waals surface area contributed by atoms with E-state index in [9.17, 15) is 14.8 Å². The molecule has 3 aromatic rings. The summed E-state index contributed by atoms with van der Waals surface area (Å²) in [5, 5.41) is 22.1. The first-order valence-corrected chi connectivity index (χ1v) is 11.7. The molecule has 8 heteroatoms. The largest absolute Gasteiger partial charge is 0.504 e. The van der Waals surface area contributed by atoms with E-state index < -0.39 is 13.4 Å². The predicted molar refractivity (Wildman–Crippen MR) is 116 cm³/mol. The normalized spacial score (nSPS) is 12.9. The number of rotatable bonds is 10. The summed E-state index contributed by atoms with van der Waals surface area (Å²) < 4.78 is 25.1. The second-order valence-corrected chi connectivity index (χ2v) is 8.99. The zero-order chi connectivity index (χ0) is 21.6. The lowest BCUT2D eigenvalue weighted by atomic mass is 10.1. The number of hydrogen-bond donors (Lipinski definition) is 3. The maximum absolute atomic E-state index is 13.7. The standard InChI is InChI=1S/C22H27N2O5P/c1-3-28-30(27,29-4-2)22(18-12-14-23-19-8-6-5-7-17(18)19)24-13-11-16-9-10-20(25)21(26)15-16/h5-10,12,14-15,22,24-26H,3-4,11,13H2,1-2H3/p+1/t22-/m0/s1. The van der Waals surface area contributed by atoms with E-state index in [2.05, 4.69) is 4.98 Å². The minimum atomic E-state index is -3.47. The summed E-state index contributed by atoms with van der Waals surface area (Å²) >= 11 is 0. The van der Waals surface area contributed by atoms with E-state index in [-0.39, 0.29) is 24.7 Å². The van der Waals surface area contributed by atoms with E-state index in [0.717, 1.165) is 22.0 Å². The van der Waals surface area contributed by atoms with E-state index in [0.29, 0.717) is 13.0 Å². The third kappa shape index (κ3) is 4.99. The van der Waals surface area contributed by atoms with Gasteiger partial charge in [0, 0.05) is 23.6 Å². The van der Waals surface area contributed by atoms with Gasteiger partial charge in [0.2, 0.25) is 5.78 Å². The molecule has 0 bridgehead atoms. The van der Waals surface area contributed by atoms with Crippen LogP contribution in [0.2, 0.25) is 0 Å². The van der Waals surface area contributed by atoms with Crippen molar-refractivity contribution in [1.82, 2.24) is 4.98 Å². The van der Waals surface area contributed by atoms with Gasteiger partial charge in [0.05, 0.1) is 25.3 Å². The molecule has 0 radical (unpaired) electrons. The van der Waals surface area contributed by atoms with Crippen molar-refractivity contribution in [1.29, 1.82) is 0 Å². The molecule has 160 valence electrons. The zero-order valence-corrected chi connectivity index (χ0v) is 18.1. The van der Waals surface area contributed by atoms with Crippen molar-refractivity contribution in [3.05, 3.63) is 65.9 Å². The van der Waals surface area contributed by atoms with Gasteiger partial charge in [-0.05, 0) is 43.7 Å². The molecule has 0 aliphatic rings. The first kappa shape index (κ1) is 22.2. The van der Waals surface area contributed by atoms with Crippen LogP contribution >= 0.6 is 7.60 Å². The lowest BCUT2D eigenvalue weighted by molar-refractivity contribution is -0.677. The number of nitrogens with two attached hydrogens (primary N) is 1. The summed E-state index contributed by atoms with van der Waals surface area (Å²) in [6.07, 6.45) is 2.31. The van der Waals surface area contributed by atoms with E-state index >= 15 is 0 Å². The molecule has 0 unspecified atom stereocenters. The zero-order valence-electron chi connectivity index (χ0n) is 17.2. The lowest BCUT2D eigenvalue weighted by Crippen LogP contribution is -2.85. The summed E-state index contributed by atoms with van der Waals surface area (Å²) in [5.74, 6) is -0.865. The van der Waals surface area contributed by atoms with Crippen LogP contribution in [-0.4, -0.2) is 35.0 Å². The van der Waals surface area contributed by atoms with E-state index in [4.69, 9.17) is 9.05 Å². The van der Waals surface area contributed by atoms with Gasteiger partial charge in [-0.15, -0.1) is 0 Å². The molecule has 1 heterocycles. The molecule has 0 saturated heterocycles. The molecular formula is C22H28N2O5P+. The van der Waals surface area contributed by atoms with Crippen LogP contribution in [0.4, 0.5) is 0 Å². The molecule has 2 aromatic carbocycles. The monoisotopic (exact) mass is 431 g/mol. The quantitative estimate of drug-likeness (QED) is 0.334. The molecule has 0 amide bonds. The second kappa shape index (κ2) is 10.0. The molecule has 4 N–H and O–H groups in total. The Hall–Kier alpha value is -2.44. The molecule has 1 aromatic heterocycles.